The molecule has 0 amide bonds. The van der Waals surface area contributed by atoms with E-state index in [1.165, 1.54) is 4.88 Å². The number of carbonyl (C=O) groups is 1. The van der Waals surface area contributed by atoms with Gasteiger partial charge in [-0.05, 0) is 31.7 Å². The molecule has 3 nitrogen and oxygen atoms in total. The number of thiazole rings is 1. The number of fused-ring (bicyclic) bond motifs is 1. The van der Waals surface area contributed by atoms with Crippen molar-refractivity contribution >= 4 is 17.1 Å². The molecule has 0 atom stereocenters. The monoisotopic (exact) mass is 274 g/mol. The standard InChI is InChI=1S/C15H18N2OS/c1-9-5-11-12(6-15(3,4)7-13(11)18)17(9)14-16-8-10(2)19-14/h5,8H,6-7H2,1-4H3. The summed E-state index contributed by atoms with van der Waals surface area (Å²) in [6.45, 7) is 8.43. The van der Waals surface area contributed by atoms with Gasteiger partial charge in [-0.15, -0.1) is 11.3 Å². The van der Waals surface area contributed by atoms with Crippen molar-refractivity contribution in [2.45, 2.75) is 40.5 Å². The smallest absolute Gasteiger partial charge is 0.194 e. The van der Waals surface area contributed by atoms with Gasteiger partial charge in [0, 0.05) is 34.4 Å². The summed E-state index contributed by atoms with van der Waals surface area (Å²) in [5.74, 6) is 0.265. The Bertz CT molecular complexity index is 664. The minimum atomic E-state index is 0.0406. The largest absolute Gasteiger partial charge is 0.294 e. The van der Waals surface area contributed by atoms with Crippen LogP contribution in [0.2, 0.25) is 0 Å². The van der Waals surface area contributed by atoms with Crippen LogP contribution in [0.1, 0.15) is 46.9 Å². The van der Waals surface area contributed by atoms with Gasteiger partial charge < -0.3 is 0 Å². The topological polar surface area (TPSA) is 34.9 Å². The summed E-state index contributed by atoms with van der Waals surface area (Å²) < 4.78 is 2.16. The van der Waals surface area contributed by atoms with Gasteiger partial charge in [0.15, 0.2) is 10.9 Å². The molecule has 2 heterocycles. The van der Waals surface area contributed by atoms with Crippen LogP contribution in [-0.2, 0) is 6.42 Å². The quantitative estimate of drug-likeness (QED) is 0.794. The van der Waals surface area contributed by atoms with Gasteiger partial charge >= 0.3 is 0 Å². The van der Waals surface area contributed by atoms with Crippen molar-refractivity contribution in [1.82, 2.24) is 9.55 Å². The lowest BCUT2D eigenvalue weighted by atomic mass is 9.76. The van der Waals surface area contributed by atoms with Gasteiger partial charge in [0.1, 0.15) is 0 Å². The Balaban J connectivity index is 2.20. The van der Waals surface area contributed by atoms with E-state index in [0.29, 0.717) is 6.42 Å². The summed E-state index contributed by atoms with van der Waals surface area (Å²) in [6, 6.07) is 2.02. The lowest BCUT2D eigenvalue weighted by Crippen LogP contribution is -2.27. The highest BCUT2D eigenvalue weighted by Crippen LogP contribution is 2.37. The molecule has 0 bridgehead atoms. The molecule has 0 unspecified atom stereocenters. The first-order chi connectivity index (χ1) is 8.87. The van der Waals surface area contributed by atoms with Crippen molar-refractivity contribution in [3.8, 4) is 5.13 Å². The van der Waals surface area contributed by atoms with E-state index < -0.39 is 0 Å². The van der Waals surface area contributed by atoms with Crippen LogP contribution in [0.25, 0.3) is 5.13 Å². The fraction of sp³-hybridized carbons (Fsp3) is 0.467. The SMILES string of the molecule is Cc1cnc(-n2c(C)cc3c2CC(C)(C)CC3=O)s1. The van der Waals surface area contributed by atoms with Crippen molar-refractivity contribution in [1.29, 1.82) is 0 Å². The van der Waals surface area contributed by atoms with Crippen LogP contribution in [0.4, 0.5) is 0 Å². The van der Waals surface area contributed by atoms with Gasteiger partial charge in [0.05, 0.1) is 0 Å². The van der Waals surface area contributed by atoms with Gasteiger partial charge in [0.2, 0.25) is 0 Å². The first-order valence-electron chi connectivity index (χ1n) is 6.55. The number of carbonyl (C=O) groups excluding carboxylic acids is 1. The molecular weight excluding hydrogens is 256 g/mol. The molecule has 1 aliphatic carbocycles. The van der Waals surface area contributed by atoms with Crippen LogP contribution >= 0.6 is 11.3 Å². The first-order valence-corrected chi connectivity index (χ1v) is 7.36. The number of aryl methyl sites for hydroxylation is 2. The molecule has 1 aliphatic rings. The average molecular weight is 274 g/mol. The summed E-state index contributed by atoms with van der Waals surface area (Å²) in [5.41, 5.74) is 3.17. The predicted molar refractivity (Wildman–Crippen MR) is 77.3 cm³/mol. The second-order valence-corrected chi connectivity index (χ2v) is 7.39. The van der Waals surface area contributed by atoms with E-state index in [9.17, 15) is 4.79 Å². The Hall–Kier alpha value is -1.42. The van der Waals surface area contributed by atoms with E-state index in [2.05, 4.69) is 37.2 Å². The molecular formula is C15H18N2OS. The second kappa shape index (κ2) is 4.04. The fourth-order valence-electron chi connectivity index (χ4n) is 2.86. The summed E-state index contributed by atoms with van der Waals surface area (Å²) in [5, 5.41) is 0.974. The Labute approximate surface area is 117 Å². The van der Waals surface area contributed by atoms with Crippen LogP contribution in [-0.4, -0.2) is 15.3 Å². The lowest BCUT2D eigenvalue weighted by molar-refractivity contribution is 0.0911. The van der Waals surface area contributed by atoms with Crippen molar-refractivity contribution in [2.24, 2.45) is 5.41 Å². The zero-order chi connectivity index (χ0) is 13.8. The molecule has 0 radical (unpaired) electrons. The highest BCUT2D eigenvalue weighted by molar-refractivity contribution is 7.14. The third-order valence-electron chi connectivity index (χ3n) is 3.67. The molecule has 4 heteroatoms. The molecule has 100 valence electrons. The molecule has 19 heavy (non-hydrogen) atoms. The lowest BCUT2D eigenvalue weighted by Gasteiger charge is -2.29. The molecule has 2 aromatic rings. The fourth-order valence-corrected chi connectivity index (χ4v) is 3.71. The molecule has 2 aromatic heterocycles. The van der Waals surface area contributed by atoms with E-state index >= 15 is 0 Å². The third-order valence-corrected chi connectivity index (χ3v) is 4.57. The van der Waals surface area contributed by atoms with Gasteiger partial charge in [-0.1, -0.05) is 13.8 Å². The Kier molecular flexibility index (Phi) is 2.68. The molecule has 0 spiro atoms. The van der Waals surface area contributed by atoms with Gasteiger partial charge in [-0.2, -0.15) is 0 Å². The molecule has 3 rings (SSSR count). The number of nitrogens with zero attached hydrogens (tertiary/aromatic N) is 2. The molecule has 0 saturated heterocycles. The zero-order valence-corrected chi connectivity index (χ0v) is 12.6. The van der Waals surface area contributed by atoms with Crippen molar-refractivity contribution in [2.75, 3.05) is 0 Å². The number of ketones is 1. The third kappa shape index (κ3) is 2.04. The Morgan fingerprint density at radius 2 is 2.05 bits per heavy atom. The second-order valence-electron chi connectivity index (χ2n) is 6.18. The van der Waals surface area contributed by atoms with E-state index in [1.807, 2.05) is 12.3 Å². The molecule has 0 fully saturated rings. The van der Waals surface area contributed by atoms with Crippen LogP contribution in [0.15, 0.2) is 12.3 Å². The average Bonchev–Trinajstić information content (AvgIpc) is 2.81. The predicted octanol–water partition coefficient (Wildman–Crippen LogP) is 3.71. The molecule has 0 N–H and O–H groups in total. The summed E-state index contributed by atoms with van der Waals surface area (Å²) in [4.78, 5) is 17.9. The van der Waals surface area contributed by atoms with Crippen LogP contribution in [0, 0.1) is 19.3 Å². The highest BCUT2D eigenvalue weighted by Gasteiger charge is 2.34. The number of Topliss-reactive ketones (excluding diaryl/α,β-unsaturated/α-hetero) is 1. The van der Waals surface area contributed by atoms with Gasteiger partial charge in [-0.3, -0.25) is 9.36 Å². The molecule has 0 aromatic carbocycles. The van der Waals surface area contributed by atoms with Crippen molar-refractivity contribution in [3.05, 3.63) is 34.1 Å². The van der Waals surface area contributed by atoms with Gasteiger partial charge in [0.25, 0.3) is 0 Å². The Morgan fingerprint density at radius 1 is 1.32 bits per heavy atom. The molecule has 0 saturated carbocycles. The minimum Gasteiger partial charge on any atom is -0.294 e. The van der Waals surface area contributed by atoms with E-state index in [0.717, 1.165) is 28.5 Å². The summed E-state index contributed by atoms with van der Waals surface area (Å²) in [7, 11) is 0. The van der Waals surface area contributed by atoms with Gasteiger partial charge in [-0.25, -0.2) is 4.98 Å². The van der Waals surface area contributed by atoms with Crippen LogP contribution < -0.4 is 0 Å². The van der Waals surface area contributed by atoms with Crippen LogP contribution in [0.5, 0.6) is 0 Å². The van der Waals surface area contributed by atoms with Crippen molar-refractivity contribution in [3.63, 3.8) is 0 Å². The van der Waals surface area contributed by atoms with E-state index in [4.69, 9.17) is 0 Å². The maximum absolute atomic E-state index is 12.3. The highest BCUT2D eigenvalue weighted by atomic mass is 32.1. The Morgan fingerprint density at radius 3 is 2.68 bits per heavy atom. The number of hydrogen-bond acceptors (Lipinski definition) is 3. The maximum atomic E-state index is 12.3. The van der Waals surface area contributed by atoms with Crippen molar-refractivity contribution < 1.29 is 4.79 Å². The minimum absolute atomic E-state index is 0.0406. The van der Waals surface area contributed by atoms with E-state index in [1.54, 1.807) is 11.3 Å². The normalized spacial score (nSPS) is 17.6. The summed E-state index contributed by atoms with van der Waals surface area (Å²) in [6.07, 6.45) is 3.46. The number of aromatic nitrogens is 2. The molecule has 0 aliphatic heterocycles. The van der Waals surface area contributed by atoms with E-state index in [-0.39, 0.29) is 11.2 Å². The maximum Gasteiger partial charge on any atom is 0.194 e. The van der Waals surface area contributed by atoms with Crippen LogP contribution in [0.3, 0.4) is 0 Å². The number of hydrogen-bond donors (Lipinski definition) is 0. The zero-order valence-electron chi connectivity index (χ0n) is 11.8. The first kappa shape index (κ1) is 12.6. The number of rotatable bonds is 1. The summed E-state index contributed by atoms with van der Waals surface area (Å²) >= 11 is 1.67.